The summed E-state index contributed by atoms with van der Waals surface area (Å²) in [6, 6.07) is 0. The Balaban J connectivity index is 2.13. The molecule has 4 unspecified atom stereocenters. The van der Waals surface area contributed by atoms with Gasteiger partial charge in [0.15, 0.2) is 5.76 Å². The first-order chi connectivity index (χ1) is 8.99. The van der Waals surface area contributed by atoms with Crippen molar-refractivity contribution in [2.45, 2.75) is 24.4 Å². The number of rotatable bonds is 4. The first kappa shape index (κ1) is 13.6. The van der Waals surface area contributed by atoms with E-state index in [0.717, 1.165) is 0 Å². The Morgan fingerprint density at radius 3 is 2.63 bits per heavy atom. The zero-order valence-electron chi connectivity index (χ0n) is 10.5. The summed E-state index contributed by atoms with van der Waals surface area (Å²) in [5, 5.41) is 9.91. The highest BCUT2D eigenvalue weighted by atomic mass is 16.6. The maximum absolute atomic E-state index is 11.5. The average Bonchev–Trinajstić information content (AvgIpc) is 3.20. The molecule has 1 N–H and O–H groups in total. The fourth-order valence-electron chi connectivity index (χ4n) is 1.92. The summed E-state index contributed by atoms with van der Waals surface area (Å²) in [6.07, 6.45) is -1.54. The number of fused-ring (bicyclic) bond motifs is 1. The number of epoxide rings is 1. The van der Waals surface area contributed by atoms with Crippen molar-refractivity contribution in [3.8, 4) is 0 Å². The Morgan fingerprint density at radius 1 is 1.37 bits per heavy atom. The fraction of sp³-hybridized carbons (Fsp3) is 0.500. The summed E-state index contributed by atoms with van der Waals surface area (Å²) in [4.78, 5) is 22.7. The summed E-state index contributed by atoms with van der Waals surface area (Å²) in [7, 11) is 2.43. The van der Waals surface area contributed by atoms with Gasteiger partial charge in [0.25, 0.3) is 0 Å². The lowest BCUT2D eigenvalue weighted by Gasteiger charge is -2.24. The van der Waals surface area contributed by atoms with Crippen LogP contribution in [0.25, 0.3) is 0 Å². The molecule has 2 rings (SSSR count). The van der Waals surface area contributed by atoms with Gasteiger partial charge in [-0.25, -0.2) is 9.59 Å². The summed E-state index contributed by atoms with van der Waals surface area (Å²) < 4.78 is 19.4. The Labute approximate surface area is 109 Å². The van der Waals surface area contributed by atoms with Gasteiger partial charge in [0.1, 0.15) is 24.4 Å². The van der Waals surface area contributed by atoms with Crippen LogP contribution in [0.2, 0.25) is 0 Å². The molecule has 1 aliphatic heterocycles. The molecule has 1 aliphatic carbocycles. The SMILES string of the molecule is C=C(OC1C=C(C(=O)OC)C2OC2C1O)C(=O)OC. The van der Waals surface area contributed by atoms with Crippen molar-refractivity contribution < 1.29 is 33.6 Å². The zero-order chi connectivity index (χ0) is 14.2. The quantitative estimate of drug-likeness (QED) is 0.312. The van der Waals surface area contributed by atoms with E-state index in [1.54, 1.807) is 0 Å². The van der Waals surface area contributed by atoms with Crippen LogP contribution >= 0.6 is 0 Å². The molecule has 2 aliphatic rings. The predicted octanol–water partition coefficient (Wildman–Crippen LogP) is -0.700. The van der Waals surface area contributed by atoms with Gasteiger partial charge >= 0.3 is 11.9 Å². The number of hydrogen-bond acceptors (Lipinski definition) is 7. The van der Waals surface area contributed by atoms with Gasteiger partial charge < -0.3 is 24.1 Å². The van der Waals surface area contributed by atoms with Gasteiger partial charge in [0.2, 0.25) is 0 Å². The summed E-state index contributed by atoms with van der Waals surface area (Å²) in [6.45, 7) is 3.39. The number of ether oxygens (including phenoxy) is 4. The van der Waals surface area contributed by atoms with E-state index in [1.165, 1.54) is 20.3 Å². The standard InChI is InChI=1S/C12H14O7/c1-5(11(14)16-2)18-7-4-6(12(15)17-3)9-10(19-9)8(7)13/h4,7-10,13H,1H2,2-3H3. The van der Waals surface area contributed by atoms with E-state index in [1.807, 2.05) is 0 Å². The lowest BCUT2D eigenvalue weighted by atomic mass is 9.95. The topological polar surface area (TPSA) is 94.6 Å². The third-order valence-corrected chi connectivity index (χ3v) is 2.96. The molecule has 0 spiro atoms. The van der Waals surface area contributed by atoms with Crippen LogP contribution in [0.1, 0.15) is 0 Å². The van der Waals surface area contributed by atoms with Gasteiger partial charge in [-0.15, -0.1) is 0 Å². The van der Waals surface area contributed by atoms with E-state index < -0.39 is 36.4 Å². The third kappa shape index (κ3) is 2.47. The van der Waals surface area contributed by atoms with Crippen molar-refractivity contribution in [3.63, 3.8) is 0 Å². The molecule has 19 heavy (non-hydrogen) atoms. The van der Waals surface area contributed by atoms with Crippen molar-refractivity contribution in [3.05, 3.63) is 24.0 Å². The number of aliphatic hydroxyl groups is 1. The average molecular weight is 270 g/mol. The lowest BCUT2D eigenvalue weighted by Crippen LogP contribution is -2.38. The van der Waals surface area contributed by atoms with E-state index in [0.29, 0.717) is 0 Å². The van der Waals surface area contributed by atoms with Crippen LogP contribution in [-0.2, 0) is 28.5 Å². The van der Waals surface area contributed by atoms with E-state index in [4.69, 9.17) is 9.47 Å². The number of esters is 2. The van der Waals surface area contributed by atoms with Crippen molar-refractivity contribution in [1.29, 1.82) is 0 Å². The molecule has 0 aromatic heterocycles. The molecule has 0 saturated carbocycles. The fourth-order valence-corrected chi connectivity index (χ4v) is 1.92. The number of aliphatic hydroxyl groups excluding tert-OH is 1. The van der Waals surface area contributed by atoms with E-state index in [2.05, 4.69) is 16.1 Å². The Bertz CT molecular complexity index is 453. The number of carbonyl (C=O) groups excluding carboxylic acids is 2. The van der Waals surface area contributed by atoms with Gasteiger partial charge in [-0.3, -0.25) is 0 Å². The minimum Gasteiger partial charge on any atom is -0.477 e. The molecule has 7 nitrogen and oxygen atoms in total. The molecule has 0 radical (unpaired) electrons. The second kappa shape index (κ2) is 5.02. The normalized spacial score (nSPS) is 31.6. The largest absolute Gasteiger partial charge is 0.477 e. The van der Waals surface area contributed by atoms with Gasteiger partial charge in [-0.2, -0.15) is 0 Å². The first-order valence-electron chi connectivity index (χ1n) is 5.57. The Hall–Kier alpha value is -1.86. The van der Waals surface area contributed by atoms with E-state index >= 15 is 0 Å². The number of methoxy groups -OCH3 is 2. The smallest absolute Gasteiger partial charge is 0.372 e. The van der Waals surface area contributed by atoms with Crippen LogP contribution in [0.3, 0.4) is 0 Å². The maximum atomic E-state index is 11.5. The first-order valence-corrected chi connectivity index (χ1v) is 5.57. The van der Waals surface area contributed by atoms with Crippen molar-refractivity contribution in [1.82, 2.24) is 0 Å². The van der Waals surface area contributed by atoms with Crippen LogP contribution in [0.4, 0.5) is 0 Å². The molecule has 0 aromatic carbocycles. The van der Waals surface area contributed by atoms with Crippen LogP contribution in [0.5, 0.6) is 0 Å². The van der Waals surface area contributed by atoms with E-state index in [-0.39, 0.29) is 11.3 Å². The molecule has 104 valence electrons. The van der Waals surface area contributed by atoms with Gasteiger partial charge in [-0.1, -0.05) is 0 Å². The number of hydrogen-bond donors (Lipinski definition) is 1. The van der Waals surface area contributed by atoms with Gasteiger partial charge in [-0.05, 0) is 12.7 Å². The molecular formula is C12H14O7. The Kier molecular flexibility index (Phi) is 3.59. The molecule has 0 amide bonds. The molecule has 7 heteroatoms. The predicted molar refractivity (Wildman–Crippen MR) is 60.8 cm³/mol. The van der Waals surface area contributed by atoms with Crippen molar-refractivity contribution in [2.75, 3.05) is 14.2 Å². The zero-order valence-corrected chi connectivity index (χ0v) is 10.5. The molecule has 1 heterocycles. The third-order valence-electron chi connectivity index (χ3n) is 2.96. The summed E-state index contributed by atoms with van der Waals surface area (Å²) in [5.41, 5.74) is 0.264. The van der Waals surface area contributed by atoms with Crippen molar-refractivity contribution in [2.24, 2.45) is 0 Å². The van der Waals surface area contributed by atoms with Crippen LogP contribution in [0, 0.1) is 0 Å². The molecule has 1 saturated heterocycles. The maximum Gasteiger partial charge on any atom is 0.372 e. The highest BCUT2D eigenvalue weighted by molar-refractivity contribution is 5.91. The highest BCUT2D eigenvalue weighted by Crippen LogP contribution is 2.39. The molecule has 4 atom stereocenters. The lowest BCUT2D eigenvalue weighted by molar-refractivity contribution is -0.141. The Morgan fingerprint density at radius 2 is 2.05 bits per heavy atom. The minimum atomic E-state index is -0.986. The van der Waals surface area contributed by atoms with Gasteiger partial charge in [0.05, 0.1) is 19.8 Å². The second-order valence-corrected chi connectivity index (χ2v) is 4.12. The second-order valence-electron chi connectivity index (χ2n) is 4.12. The molecular weight excluding hydrogens is 256 g/mol. The van der Waals surface area contributed by atoms with Crippen LogP contribution in [0.15, 0.2) is 24.0 Å². The van der Waals surface area contributed by atoms with Crippen LogP contribution in [-0.4, -0.2) is 55.7 Å². The minimum absolute atomic E-state index is 0.258. The van der Waals surface area contributed by atoms with Crippen molar-refractivity contribution >= 4 is 11.9 Å². The summed E-state index contributed by atoms with van der Waals surface area (Å²) >= 11 is 0. The summed E-state index contributed by atoms with van der Waals surface area (Å²) in [5.74, 6) is -1.57. The molecule has 0 aromatic rings. The molecule has 0 bridgehead atoms. The monoisotopic (exact) mass is 270 g/mol. The highest BCUT2D eigenvalue weighted by Gasteiger charge is 2.55. The van der Waals surface area contributed by atoms with Crippen LogP contribution < -0.4 is 0 Å². The van der Waals surface area contributed by atoms with E-state index in [9.17, 15) is 14.7 Å². The van der Waals surface area contributed by atoms with Gasteiger partial charge in [0, 0.05) is 0 Å². The molecule has 1 fully saturated rings. The number of carbonyl (C=O) groups is 2.